The summed E-state index contributed by atoms with van der Waals surface area (Å²) < 4.78 is 4.76. The lowest BCUT2D eigenvalue weighted by molar-refractivity contribution is -0.119. The Balaban J connectivity index is 2.32. The smallest absolute Gasteiger partial charge is 0.407 e. The van der Waals surface area contributed by atoms with Crippen LogP contribution in [0.3, 0.4) is 0 Å². The van der Waals surface area contributed by atoms with Crippen molar-refractivity contribution in [3.05, 3.63) is 0 Å². The van der Waals surface area contributed by atoms with E-state index in [1.807, 2.05) is 0 Å². The topological polar surface area (TPSA) is 55.4 Å². The molecule has 4 nitrogen and oxygen atoms in total. The highest BCUT2D eigenvalue weighted by Gasteiger charge is 2.27. The number of nitrogens with one attached hydrogen (secondary N) is 1. The summed E-state index contributed by atoms with van der Waals surface area (Å²) in [5.41, 5.74) is 0. The highest BCUT2D eigenvalue weighted by Crippen LogP contribution is 2.21. The SMILES string of the molecule is CCOC(=O)NC1CCC(=O)C(Br)C1. The van der Waals surface area contributed by atoms with Gasteiger partial charge in [0.05, 0.1) is 11.4 Å². The van der Waals surface area contributed by atoms with E-state index in [1.54, 1.807) is 6.92 Å². The van der Waals surface area contributed by atoms with Gasteiger partial charge in [0.1, 0.15) is 5.78 Å². The number of halogens is 1. The molecule has 1 rings (SSSR count). The van der Waals surface area contributed by atoms with Crippen molar-refractivity contribution < 1.29 is 14.3 Å². The van der Waals surface area contributed by atoms with Crippen LogP contribution < -0.4 is 5.32 Å². The first-order valence-electron chi connectivity index (χ1n) is 4.73. The van der Waals surface area contributed by atoms with Gasteiger partial charge < -0.3 is 10.1 Å². The normalized spacial score (nSPS) is 27.1. The van der Waals surface area contributed by atoms with Crippen LogP contribution in [0.5, 0.6) is 0 Å². The quantitative estimate of drug-likeness (QED) is 0.771. The summed E-state index contributed by atoms with van der Waals surface area (Å²) in [6.07, 6.45) is 1.48. The predicted molar refractivity (Wildman–Crippen MR) is 55.5 cm³/mol. The Morgan fingerprint density at radius 3 is 3.00 bits per heavy atom. The molecule has 2 atom stereocenters. The van der Waals surface area contributed by atoms with Gasteiger partial charge >= 0.3 is 6.09 Å². The zero-order chi connectivity index (χ0) is 10.6. The number of carbonyl (C=O) groups excluding carboxylic acids is 2. The molecule has 1 fully saturated rings. The lowest BCUT2D eigenvalue weighted by atomic mass is 9.94. The minimum atomic E-state index is -0.397. The Bertz CT molecular complexity index is 232. The van der Waals surface area contributed by atoms with Crippen molar-refractivity contribution in [1.82, 2.24) is 5.32 Å². The monoisotopic (exact) mass is 263 g/mol. The highest BCUT2D eigenvalue weighted by molar-refractivity contribution is 9.10. The van der Waals surface area contributed by atoms with Crippen LogP contribution in [0.4, 0.5) is 4.79 Å². The molecule has 0 heterocycles. The second kappa shape index (κ2) is 5.34. The molecule has 0 aromatic rings. The summed E-state index contributed by atoms with van der Waals surface area (Å²) in [5.74, 6) is 0.215. The summed E-state index contributed by atoms with van der Waals surface area (Å²) in [5, 5.41) is 2.73. The number of rotatable bonds is 2. The van der Waals surface area contributed by atoms with Gasteiger partial charge in [0.2, 0.25) is 0 Å². The third kappa shape index (κ3) is 3.29. The number of hydrogen-bond acceptors (Lipinski definition) is 3. The van der Waals surface area contributed by atoms with Crippen LogP contribution in [0.2, 0.25) is 0 Å². The molecule has 0 aromatic heterocycles. The third-order valence-electron chi connectivity index (χ3n) is 2.18. The van der Waals surface area contributed by atoms with Gasteiger partial charge in [0.15, 0.2) is 0 Å². The number of hydrogen-bond donors (Lipinski definition) is 1. The molecule has 5 heteroatoms. The molecule has 0 saturated heterocycles. The van der Waals surface area contributed by atoms with Gasteiger partial charge in [-0.15, -0.1) is 0 Å². The largest absolute Gasteiger partial charge is 0.450 e. The minimum Gasteiger partial charge on any atom is -0.450 e. The van der Waals surface area contributed by atoms with Gasteiger partial charge in [0, 0.05) is 12.5 Å². The second-order valence-corrected chi connectivity index (χ2v) is 4.38. The van der Waals surface area contributed by atoms with Crippen molar-refractivity contribution in [3.8, 4) is 0 Å². The molecule has 0 aromatic carbocycles. The van der Waals surface area contributed by atoms with Crippen LogP contribution >= 0.6 is 15.9 Å². The molecule has 80 valence electrons. The zero-order valence-electron chi connectivity index (χ0n) is 8.09. The molecular formula is C9H14BrNO3. The van der Waals surface area contributed by atoms with Crippen LogP contribution in [-0.2, 0) is 9.53 Å². The van der Waals surface area contributed by atoms with Crippen molar-refractivity contribution in [2.75, 3.05) is 6.61 Å². The summed E-state index contributed by atoms with van der Waals surface area (Å²) in [7, 11) is 0. The van der Waals surface area contributed by atoms with Gasteiger partial charge in [-0.1, -0.05) is 15.9 Å². The first-order valence-corrected chi connectivity index (χ1v) is 5.65. The fraction of sp³-hybridized carbons (Fsp3) is 0.778. The standard InChI is InChI=1S/C9H14BrNO3/c1-2-14-9(13)11-6-3-4-8(12)7(10)5-6/h6-7H,2-5H2,1H3,(H,11,13). The van der Waals surface area contributed by atoms with Crippen LogP contribution in [0.25, 0.3) is 0 Å². The van der Waals surface area contributed by atoms with E-state index in [1.165, 1.54) is 0 Å². The molecule has 1 aliphatic carbocycles. The van der Waals surface area contributed by atoms with E-state index in [2.05, 4.69) is 21.2 Å². The number of ketones is 1. The molecule has 0 spiro atoms. The number of Topliss-reactive ketones (excluding diaryl/α,β-unsaturated/α-hetero) is 1. The molecule has 1 amide bonds. The van der Waals surface area contributed by atoms with Gasteiger partial charge in [-0.2, -0.15) is 0 Å². The second-order valence-electron chi connectivity index (χ2n) is 3.27. The minimum absolute atomic E-state index is 0.0520. The van der Waals surface area contributed by atoms with E-state index >= 15 is 0 Å². The zero-order valence-corrected chi connectivity index (χ0v) is 9.67. The fourth-order valence-electron chi connectivity index (χ4n) is 1.44. The average molecular weight is 264 g/mol. The van der Waals surface area contributed by atoms with E-state index in [9.17, 15) is 9.59 Å². The maximum Gasteiger partial charge on any atom is 0.407 e. The molecule has 14 heavy (non-hydrogen) atoms. The first kappa shape index (κ1) is 11.5. The van der Waals surface area contributed by atoms with Crippen molar-refractivity contribution in [2.45, 2.75) is 37.1 Å². The van der Waals surface area contributed by atoms with Gasteiger partial charge in [-0.3, -0.25) is 4.79 Å². The number of ether oxygens (including phenoxy) is 1. The summed E-state index contributed by atoms with van der Waals surface area (Å²) in [4.78, 5) is 22.1. The molecule has 0 radical (unpaired) electrons. The van der Waals surface area contributed by atoms with Crippen molar-refractivity contribution in [1.29, 1.82) is 0 Å². The summed E-state index contributed by atoms with van der Waals surface area (Å²) in [6, 6.07) is 0.0520. The molecule has 0 bridgehead atoms. The first-order chi connectivity index (χ1) is 6.63. The Morgan fingerprint density at radius 1 is 1.71 bits per heavy atom. The van der Waals surface area contributed by atoms with Crippen LogP contribution in [0, 0.1) is 0 Å². The molecular weight excluding hydrogens is 250 g/mol. The van der Waals surface area contributed by atoms with E-state index in [4.69, 9.17) is 4.74 Å². The van der Waals surface area contributed by atoms with Crippen LogP contribution in [0.15, 0.2) is 0 Å². The van der Waals surface area contributed by atoms with E-state index in [-0.39, 0.29) is 16.7 Å². The Labute approximate surface area is 91.5 Å². The van der Waals surface area contributed by atoms with Gasteiger partial charge in [-0.05, 0) is 19.8 Å². The molecule has 2 unspecified atom stereocenters. The molecule has 0 aliphatic heterocycles. The predicted octanol–water partition coefficient (Wildman–Crippen LogP) is 1.62. The lowest BCUT2D eigenvalue weighted by Crippen LogP contribution is -2.41. The van der Waals surface area contributed by atoms with E-state index in [0.717, 1.165) is 0 Å². The molecule has 1 N–H and O–H groups in total. The van der Waals surface area contributed by atoms with Crippen molar-refractivity contribution >= 4 is 27.8 Å². The molecule has 1 saturated carbocycles. The fourth-order valence-corrected chi connectivity index (χ4v) is 2.12. The van der Waals surface area contributed by atoms with Crippen LogP contribution in [-0.4, -0.2) is 29.4 Å². The Morgan fingerprint density at radius 2 is 2.43 bits per heavy atom. The number of alkyl carbamates (subject to hydrolysis) is 1. The van der Waals surface area contributed by atoms with Crippen molar-refractivity contribution in [2.24, 2.45) is 0 Å². The van der Waals surface area contributed by atoms with E-state index in [0.29, 0.717) is 25.9 Å². The number of carbonyl (C=O) groups is 2. The Kier molecular flexibility index (Phi) is 4.38. The van der Waals surface area contributed by atoms with Crippen LogP contribution in [0.1, 0.15) is 26.2 Å². The number of amides is 1. The Hall–Kier alpha value is -0.580. The highest BCUT2D eigenvalue weighted by atomic mass is 79.9. The van der Waals surface area contributed by atoms with Gasteiger partial charge in [-0.25, -0.2) is 4.79 Å². The lowest BCUT2D eigenvalue weighted by Gasteiger charge is -2.25. The maximum absolute atomic E-state index is 11.2. The maximum atomic E-state index is 11.2. The third-order valence-corrected chi connectivity index (χ3v) is 3.06. The number of alkyl halides is 1. The molecule has 1 aliphatic rings. The van der Waals surface area contributed by atoms with Crippen molar-refractivity contribution in [3.63, 3.8) is 0 Å². The summed E-state index contributed by atoms with van der Waals surface area (Å²) >= 11 is 3.28. The van der Waals surface area contributed by atoms with E-state index < -0.39 is 6.09 Å². The summed E-state index contributed by atoms with van der Waals surface area (Å²) in [6.45, 7) is 2.13. The average Bonchev–Trinajstić information content (AvgIpc) is 2.12. The van der Waals surface area contributed by atoms with Gasteiger partial charge in [0.25, 0.3) is 0 Å².